The number of phenols is 1. The van der Waals surface area contributed by atoms with E-state index >= 15 is 0 Å². The smallest absolute Gasteiger partial charge is 0.255 e. The molecule has 0 spiro atoms. The summed E-state index contributed by atoms with van der Waals surface area (Å²) in [6.07, 6.45) is 5.97. The number of hydrogen-bond acceptors (Lipinski definition) is 8. The zero-order chi connectivity index (χ0) is 29.3. The highest BCUT2D eigenvalue weighted by Gasteiger charge is 2.39. The zero-order valence-corrected chi connectivity index (χ0v) is 23.7. The van der Waals surface area contributed by atoms with Crippen molar-refractivity contribution in [2.24, 2.45) is 5.92 Å². The number of pyridine rings is 1. The third kappa shape index (κ3) is 5.35. The molecular weight excluding hydrogens is 554 g/mol. The van der Waals surface area contributed by atoms with Gasteiger partial charge < -0.3 is 15.2 Å². The molecule has 3 heterocycles. The third-order valence-corrected chi connectivity index (χ3v) is 10.6. The fourth-order valence-corrected chi connectivity index (χ4v) is 7.78. The number of sulfone groups is 1. The quantitative estimate of drug-likeness (QED) is 0.298. The molecule has 2 aromatic carbocycles. The van der Waals surface area contributed by atoms with Crippen LogP contribution < -0.4 is 5.32 Å². The van der Waals surface area contributed by atoms with Crippen LogP contribution in [-0.4, -0.2) is 59.2 Å². The summed E-state index contributed by atoms with van der Waals surface area (Å²) in [7, 11) is -3.48. The number of para-hydroxylation sites is 1. The lowest BCUT2D eigenvalue weighted by Gasteiger charge is -2.36. The minimum atomic E-state index is -3.48. The van der Waals surface area contributed by atoms with Gasteiger partial charge in [-0.3, -0.25) is 14.5 Å². The van der Waals surface area contributed by atoms with Crippen LogP contribution in [0.15, 0.2) is 71.9 Å². The number of nitriles is 1. The molecule has 1 saturated carbocycles. The van der Waals surface area contributed by atoms with Crippen molar-refractivity contribution in [3.63, 3.8) is 0 Å². The predicted octanol–water partition coefficient (Wildman–Crippen LogP) is 4.13. The molecule has 0 bridgehead atoms. The van der Waals surface area contributed by atoms with Crippen molar-refractivity contribution >= 4 is 26.6 Å². The molecule has 2 fully saturated rings. The minimum Gasteiger partial charge on any atom is -0.507 e. The number of rotatable bonds is 9. The predicted molar refractivity (Wildman–Crippen MR) is 155 cm³/mol. The zero-order valence-electron chi connectivity index (χ0n) is 22.9. The first-order valence-corrected chi connectivity index (χ1v) is 15.6. The van der Waals surface area contributed by atoms with Gasteiger partial charge in [0.2, 0.25) is 0 Å². The Balaban J connectivity index is 1.46. The Morgan fingerprint density at radius 1 is 1.07 bits per heavy atom. The number of carbonyl (C=O) groups is 1. The first kappa shape index (κ1) is 27.9. The van der Waals surface area contributed by atoms with E-state index in [0.29, 0.717) is 42.5 Å². The first-order valence-electron chi connectivity index (χ1n) is 14.1. The summed E-state index contributed by atoms with van der Waals surface area (Å²) in [5.74, 6) is -0.701. The van der Waals surface area contributed by atoms with Crippen LogP contribution >= 0.6 is 0 Å². The lowest BCUT2D eigenvalue weighted by molar-refractivity contribution is 0.0491. The molecule has 10 nitrogen and oxygen atoms in total. The number of fused-ring (bicyclic) bond motifs is 1. The van der Waals surface area contributed by atoms with E-state index in [9.17, 15) is 23.6 Å². The molecular formula is C31H31N5O5S. The molecule has 1 aliphatic heterocycles. The van der Waals surface area contributed by atoms with Crippen LogP contribution in [0, 0.1) is 17.2 Å². The molecule has 216 valence electrons. The van der Waals surface area contributed by atoms with Gasteiger partial charge in [0.1, 0.15) is 11.8 Å². The van der Waals surface area contributed by atoms with Gasteiger partial charge in [-0.15, -0.1) is 0 Å². The molecule has 4 aromatic rings. The molecule has 2 N–H and O–H groups in total. The Hall–Kier alpha value is -4.27. The lowest BCUT2D eigenvalue weighted by Crippen LogP contribution is -2.38. The largest absolute Gasteiger partial charge is 0.507 e. The number of aromatic nitrogens is 3. The molecule has 42 heavy (non-hydrogen) atoms. The van der Waals surface area contributed by atoms with Gasteiger partial charge in [-0.2, -0.15) is 10.4 Å². The number of aromatic hydroxyl groups is 1. The third-order valence-electron chi connectivity index (χ3n) is 8.25. The summed E-state index contributed by atoms with van der Waals surface area (Å²) in [5.41, 5.74) is 1.98. The van der Waals surface area contributed by atoms with Gasteiger partial charge >= 0.3 is 0 Å². The normalized spacial score (nSPS) is 17.4. The van der Waals surface area contributed by atoms with Gasteiger partial charge in [0.05, 0.1) is 39.0 Å². The highest BCUT2D eigenvalue weighted by atomic mass is 32.2. The summed E-state index contributed by atoms with van der Waals surface area (Å²) in [5, 5.41) is 27.5. The number of carbonyl (C=O) groups excluding carboxylic acids is 1. The molecule has 2 aliphatic rings. The average molecular weight is 586 g/mol. The molecule has 1 amide bonds. The van der Waals surface area contributed by atoms with Crippen LogP contribution in [0.1, 0.15) is 59.3 Å². The summed E-state index contributed by atoms with van der Waals surface area (Å²) < 4.78 is 34.0. The molecule has 11 heteroatoms. The van der Waals surface area contributed by atoms with Crippen LogP contribution in [-0.2, 0) is 14.6 Å². The van der Waals surface area contributed by atoms with Crippen LogP contribution in [0.3, 0.4) is 0 Å². The highest BCUT2D eigenvalue weighted by molar-refractivity contribution is 7.92. The molecule has 1 saturated heterocycles. The monoisotopic (exact) mass is 585 g/mol. The molecule has 2 aromatic heterocycles. The number of nitrogens with zero attached hydrogens (tertiary/aromatic N) is 4. The number of phenolic OH excluding ortho intramolecular Hbond substituents is 1. The van der Waals surface area contributed by atoms with E-state index in [-0.39, 0.29) is 39.8 Å². The van der Waals surface area contributed by atoms with E-state index in [2.05, 4.69) is 16.4 Å². The van der Waals surface area contributed by atoms with Gasteiger partial charge in [-0.25, -0.2) is 8.42 Å². The summed E-state index contributed by atoms with van der Waals surface area (Å²) in [4.78, 5) is 18.2. The second-order valence-corrected chi connectivity index (χ2v) is 13.1. The summed E-state index contributed by atoms with van der Waals surface area (Å²) in [6.45, 7) is 1.29. The number of hydrogen-bond donors (Lipinski definition) is 2. The van der Waals surface area contributed by atoms with Crippen LogP contribution in [0.2, 0.25) is 0 Å². The fourth-order valence-electron chi connectivity index (χ4n) is 5.93. The Bertz CT molecular complexity index is 1750. The molecule has 6 rings (SSSR count). The van der Waals surface area contributed by atoms with Gasteiger partial charge in [0.15, 0.2) is 9.84 Å². The van der Waals surface area contributed by atoms with Crippen molar-refractivity contribution < 1.29 is 23.1 Å². The topological polar surface area (TPSA) is 147 Å². The first-order chi connectivity index (χ1) is 20.4. The maximum atomic E-state index is 13.3. The van der Waals surface area contributed by atoms with Crippen LogP contribution in [0.25, 0.3) is 10.9 Å². The van der Waals surface area contributed by atoms with Crippen molar-refractivity contribution in [2.75, 3.05) is 19.8 Å². The number of amides is 1. The Morgan fingerprint density at radius 2 is 1.86 bits per heavy atom. The van der Waals surface area contributed by atoms with E-state index in [1.165, 1.54) is 6.07 Å². The van der Waals surface area contributed by atoms with Gasteiger partial charge in [-0.05, 0) is 68.0 Å². The highest BCUT2D eigenvalue weighted by Crippen LogP contribution is 2.42. The standard InChI is InChI=1S/C31H31N5O5S/c32-16-20-8-11-25(33-17-20)30(21-12-14-41-15-13-21)27(19-34-31(38)23-4-1-2-6-28(23)37)36-26-5-3-7-29(24(26)18-35-36)42(39,40)22-9-10-22/h1-8,11,17-18,21-22,27,30,37H,9-10,12-15,19H2,(H,34,38). The van der Waals surface area contributed by atoms with Crippen molar-refractivity contribution in [1.29, 1.82) is 5.26 Å². The summed E-state index contributed by atoms with van der Waals surface area (Å²) in [6, 6.07) is 16.8. The van der Waals surface area contributed by atoms with E-state index < -0.39 is 21.8 Å². The molecule has 0 radical (unpaired) electrons. The SMILES string of the molecule is N#Cc1ccc(C(C2CCOCC2)C(CNC(=O)c2ccccc2O)n2ncc3c(S(=O)(=O)C4CC4)cccc32)nc1. The maximum absolute atomic E-state index is 13.3. The van der Waals surface area contributed by atoms with Crippen LogP contribution in [0.4, 0.5) is 0 Å². The van der Waals surface area contributed by atoms with E-state index in [0.717, 1.165) is 18.5 Å². The Kier molecular flexibility index (Phi) is 7.66. The second kappa shape index (κ2) is 11.5. The number of benzene rings is 2. The van der Waals surface area contributed by atoms with Gasteiger partial charge in [0, 0.05) is 43.0 Å². The van der Waals surface area contributed by atoms with Crippen molar-refractivity contribution in [2.45, 2.75) is 47.8 Å². The van der Waals surface area contributed by atoms with E-state index in [4.69, 9.17) is 9.84 Å². The molecule has 2 atom stereocenters. The van der Waals surface area contributed by atoms with Crippen molar-refractivity contribution in [3.05, 3.63) is 83.8 Å². The van der Waals surface area contributed by atoms with Crippen LogP contribution in [0.5, 0.6) is 5.75 Å². The van der Waals surface area contributed by atoms with E-state index in [1.54, 1.807) is 53.5 Å². The lowest BCUT2D eigenvalue weighted by atomic mass is 9.78. The van der Waals surface area contributed by atoms with E-state index in [1.807, 2.05) is 12.1 Å². The fraction of sp³-hybridized carbons (Fsp3) is 0.355. The van der Waals surface area contributed by atoms with Gasteiger partial charge in [-0.1, -0.05) is 18.2 Å². The summed E-state index contributed by atoms with van der Waals surface area (Å²) >= 11 is 0. The number of ether oxygens (including phenoxy) is 1. The van der Waals surface area contributed by atoms with Crippen molar-refractivity contribution in [1.82, 2.24) is 20.1 Å². The Morgan fingerprint density at radius 3 is 2.55 bits per heavy atom. The number of nitrogens with one attached hydrogen (secondary N) is 1. The average Bonchev–Trinajstić information content (AvgIpc) is 3.80. The van der Waals surface area contributed by atoms with Gasteiger partial charge in [0.25, 0.3) is 5.91 Å². The minimum absolute atomic E-state index is 0.115. The maximum Gasteiger partial charge on any atom is 0.255 e. The molecule has 2 unspecified atom stereocenters. The Labute approximate surface area is 243 Å². The van der Waals surface area contributed by atoms with Crippen molar-refractivity contribution in [3.8, 4) is 11.8 Å². The second-order valence-electron chi connectivity index (χ2n) is 10.9. The molecule has 1 aliphatic carbocycles.